The van der Waals surface area contributed by atoms with Crippen molar-refractivity contribution in [3.8, 4) is 32.4 Å². The molecule has 1 fully saturated rings. The highest BCUT2D eigenvalue weighted by Gasteiger charge is 2.52. The van der Waals surface area contributed by atoms with Gasteiger partial charge in [-0.05, 0) is 141 Å². The number of amides is 1. The molecule has 74 heavy (non-hydrogen) atoms. The summed E-state index contributed by atoms with van der Waals surface area (Å²) in [6.45, 7) is 23.8. The average Bonchev–Trinajstić information content (AvgIpc) is 4.23. The summed E-state index contributed by atoms with van der Waals surface area (Å²) in [5.74, 6) is -0.305. The molecule has 1 saturated heterocycles. The summed E-state index contributed by atoms with van der Waals surface area (Å²) in [5, 5.41) is 18.1. The maximum atomic E-state index is 12.8. The Kier molecular flexibility index (Phi) is 18.7. The number of methoxy groups -OCH3 is 2. The van der Waals surface area contributed by atoms with Crippen molar-refractivity contribution in [2.75, 3.05) is 19.5 Å². The van der Waals surface area contributed by atoms with Crippen molar-refractivity contribution < 1.29 is 33.2 Å². The minimum absolute atomic E-state index is 0.0839. The van der Waals surface area contributed by atoms with E-state index in [0.717, 1.165) is 57.4 Å². The number of tetrazole rings is 1. The van der Waals surface area contributed by atoms with Gasteiger partial charge in [-0.3, -0.25) is 14.8 Å². The van der Waals surface area contributed by atoms with E-state index < -0.39 is 11.9 Å². The Morgan fingerprint density at radius 1 is 0.676 bits per heavy atom. The van der Waals surface area contributed by atoms with E-state index in [9.17, 15) is 14.4 Å². The van der Waals surface area contributed by atoms with Crippen LogP contribution < -0.4 is 10.1 Å². The second-order valence-corrected chi connectivity index (χ2v) is 22.0. The van der Waals surface area contributed by atoms with Crippen LogP contribution >= 0.6 is 45.6 Å². The number of thiazole rings is 3. The normalized spacial score (nSPS) is 13.2. The molecule has 0 atom stereocenters. The molecular weight excluding hydrogens is 1020 g/mol. The summed E-state index contributed by atoms with van der Waals surface area (Å²) >= 11 is 10.6. The number of hydrogen-bond acceptors (Lipinski definition) is 20. The molecular formula is C50H56BClN12O7S3. The first-order valence-electron chi connectivity index (χ1n) is 22.9. The molecule has 0 bridgehead atoms. The molecule has 1 amide bonds. The zero-order valence-electron chi connectivity index (χ0n) is 43.5. The second-order valence-electron chi connectivity index (χ2n) is 17.8. The lowest BCUT2D eigenvalue weighted by molar-refractivity contribution is 0.00578. The lowest BCUT2D eigenvalue weighted by Crippen LogP contribution is -2.41. The van der Waals surface area contributed by atoms with Gasteiger partial charge in [0.15, 0.2) is 0 Å². The van der Waals surface area contributed by atoms with Gasteiger partial charge >= 0.3 is 19.1 Å². The quantitative estimate of drug-likeness (QED) is 0.105. The molecule has 9 heterocycles. The number of esters is 2. The van der Waals surface area contributed by atoms with E-state index >= 15 is 0 Å². The Balaban J connectivity index is 0.000000173. The van der Waals surface area contributed by atoms with Gasteiger partial charge in [0.2, 0.25) is 5.82 Å². The molecule has 1 aliphatic rings. The number of nitrogens with one attached hydrogen (secondary N) is 1. The van der Waals surface area contributed by atoms with Crippen LogP contribution in [0.25, 0.3) is 32.4 Å². The molecule has 9 rings (SSSR count). The van der Waals surface area contributed by atoms with Crippen LogP contribution in [-0.2, 0) is 18.8 Å². The van der Waals surface area contributed by atoms with Crippen molar-refractivity contribution in [1.29, 1.82) is 0 Å². The Hall–Kier alpha value is -6.76. The Labute approximate surface area is 446 Å². The van der Waals surface area contributed by atoms with Crippen LogP contribution in [-0.4, -0.2) is 105 Å². The van der Waals surface area contributed by atoms with Crippen LogP contribution in [0.4, 0.5) is 5.82 Å². The minimum atomic E-state index is -0.475. The van der Waals surface area contributed by atoms with Crippen molar-refractivity contribution in [3.05, 3.63) is 127 Å². The predicted octanol–water partition coefficient (Wildman–Crippen LogP) is 9.89. The molecule has 8 aromatic rings. The Morgan fingerprint density at radius 2 is 1.18 bits per heavy atom. The average molecular weight is 1080 g/mol. The van der Waals surface area contributed by atoms with Crippen molar-refractivity contribution in [1.82, 2.24) is 55.1 Å². The molecule has 24 heteroatoms. The molecule has 0 saturated carbocycles. The molecule has 0 radical (unpaired) electrons. The number of carbonyl (C=O) groups is 3. The van der Waals surface area contributed by atoms with E-state index in [1.807, 2.05) is 74.0 Å². The smallest absolute Gasteiger partial charge is 0.464 e. The van der Waals surface area contributed by atoms with Crippen LogP contribution in [0.1, 0.15) is 111 Å². The van der Waals surface area contributed by atoms with Gasteiger partial charge in [-0.15, -0.1) is 39.1 Å². The number of anilines is 1. The fraction of sp³-hybridized carbons (Fsp3) is 0.340. The summed E-state index contributed by atoms with van der Waals surface area (Å²) < 4.78 is 23.7. The van der Waals surface area contributed by atoms with Crippen molar-refractivity contribution in [2.45, 2.75) is 100 Å². The summed E-state index contributed by atoms with van der Waals surface area (Å²) in [5.41, 5.74) is 5.65. The number of hydrogen-bond donors (Lipinski definition) is 1. The molecule has 8 aromatic heterocycles. The van der Waals surface area contributed by atoms with Crippen LogP contribution in [0.3, 0.4) is 0 Å². The molecule has 0 aliphatic carbocycles. The number of rotatable bonds is 9. The van der Waals surface area contributed by atoms with Crippen molar-refractivity contribution >= 4 is 81.2 Å². The van der Waals surface area contributed by atoms with E-state index in [4.69, 9.17) is 20.9 Å². The molecule has 19 nitrogen and oxygen atoms in total. The monoisotopic (exact) mass is 1080 g/mol. The van der Waals surface area contributed by atoms with E-state index in [2.05, 4.69) is 92.9 Å². The zero-order valence-corrected chi connectivity index (χ0v) is 46.7. The summed E-state index contributed by atoms with van der Waals surface area (Å²) in [7, 11) is 2.39. The first-order chi connectivity index (χ1) is 35.0. The highest BCUT2D eigenvalue weighted by Crippen LogP contribution is 2.37. The number of aromatic nitrogens is 11. The van der Waals surface area contributed by atoms with E-state index in [0.29, 0.717) is 33.7 Å². The summed E-state index contributed by atoms with van der Waals surface area (Å²) in [6, 6.07) is 10.4. The maximum absolute atomic E-state index is 12.8. The molecule has 0 spiro atoms. The maximum Gasteiger partial charge on any atom is 0.507 e. The largest absolute Gasteiger partial charge is 0.507 e. The van der Waals surface area contributed by atoms with E-state index in [-0.39, 0.29) is 36.0 Å². The molecule has 386 valence electrons. The van der Waals surface area contributed by atoms with Crippen LogP contribution in [0.5, 0.6) is 0 Å². The predicted molar refractivity (Wildman–Crippen MR) is 288 cm³/mol. The lowest BCUT2D eigenvalue weighted by atomic mass is 9.89. The van der Waals surface area contributed by atoms with Gasteiger partial charge in [-0.25, -0.2) is 39.2 Å². The molecule has 0 aromatic carbocycles. The third-order valence-electron chi connectivity index (χ3n) is 11.4. The standard InChI is InChI=1S/C20H20N8OS.C12H12N2O2S.C10H16BNO2S.C8H8ClNO2/c1-11(2)28-19(25-26-27-28)15-6-5-7-18(23-15)24-20(29)16-8-14(12(3)9-22-16)17-10-21-13(4)30-17;1-7-5-14-10(12(15)16-3)4-9(7)11-6-13-8(2)17-11;1-7-12-6-8(15-7)11-13-9(2,3)10(4,5)14-11;1-5-4-10-7(3-6(5)9)8(11)12-2/h5-11H,1-4H3,(H,23,24,29);4-6H,1-3H3;6H,1-5H3;3-4H,1-2H3. The fourth-order valence-electron chi connectivity index (χ4n) is 6.57. The summed E-state index contributed by atoms with van der Waals surface area (Å²) in [4.78, 5) is 66.6. The van der Waals surface area contributed by atoms with Gasteiger partial charge in [0.05, 0.1) is 61.0 Å². The minimum Gasteiger partial charge on any atom is -0.464 e. The van der Waals surface area contributed by atoms with Gasteiger partial charge in [-0.2, -0.15) is 0 Å². The third kappa shape index (κ3) is 14.1. The summed E-state index contributed by atoms with van der Waals surface area (Å²) in [6.07, 6.45) is 10.4. The van der Waals surface area contributed by atoms with Gasteiger partial charge < -0.3 is 24.1 Å². The fourth-order valence-corrected chi connectivity index (χ4v) is 9.19. The lowest BCUT2D eigenvalue weighted by Gasteiger charge is -2.32. The zero-order chi connectivity index (χ0) is 54.1. The van der Waals surface area contributed by atoms with Gasteiger partial charge in [0.25, 0.3) is 5.91 Å². The van der Waals surface area contributed by atoms with Crippen molar-refractivity contribution in [3.63, 3.8) is 0 Å². The molecule has 1 N–H and O–H groups in total. The number of carbonyl (C=O) groups excluding carboxylic acids is 3. The number of nitrogens with zero attached hydrogens (tertiary/aromatic N) is 11. The first-order valence-corrected chi connectivity index (χ1v) is 25.8. The number of halogens is 1. The molecule has 0 unspecified atom stereocenters. The number of aryl methyl sites for hydroxylation is 6. The Morgan fingerprint density at radius 3 is 1.66 bits per heavy atom. The van der Waals surface area contributed by atoms with Crippen LogP contribution in [0.15, 0.2) is 73.6 Å². The first kappa shape index (κ1) is 56.5. The van der Waals surface area contributed by atoms with Gasteiger partial charge in [0.1, 0.15) is 28.6 Å². The van der Waals surface area contributed by atoms with Crippen LogP contribution in [0, 0.1) is 41.5 Å². The second kappa shape index (κ2) is 24.5. The number of ether oxygens (including phenoxy) is 2. The third-order valence-corrected chi connectivity index (χ3v) is 14.6. The highest BCUT2D eigenvalue weighted by molar-refractivity contribution is 7.22. The van der Waals surface area contributed by atoms with Gasteiger partial charge in [0, 0.05) is 53.3 Å². The molecule has 1 aliphatic heterocycles. The van der Waals surface area contributed by atoms with Crippen LogP contribution in [0.2, 0.25) is 5.02 Å². The highest BCUT2D eigenvalue weighted by atomic mass is 35.5. The Bertz CT molecular complexity index is 3250. The van der Waals surface area contributed by atoms with Crippen molar-refractivity contribution in [2.24, 2.45) is 0 Å². The number of pyridine rings is 4. The van der Waals surface area contributed by atoms with Gasteiger partial charge in [-0.1, -0.05) is 17.7 Å². The topological polar surface area (TPSA) is 234 Å². The van der Waals surface area contributed by atoms with E-state index in [1.165, 1.54) is 26.5 Å². The van der Waals surface area contributed by atoms with E-state index in [1.54, 1.807) is 81.4 Å². The SMILES string of the molecule is COC(=O)c1cc(-c2cnc(C)s2)c(C)cn1.COC(=O)c1cc(Cl)c(C)cn1.Cc1ncc(-c2cc(C(=O)Nc3cccc(-c4nnnn4C(C)C)n3)ncc2C)s1.Cc1ncc(B2OC(C)(C)C(C)(C)O2)s1.